The highest BCUT2D eigenvalue weighted by molar-refractivity contribution is 7.99. The van der Waals surface area contributed by atoms with Crippen molar-refractivity contribution in [2.45, 2.75) is 38.1 Å². The molecule has 3 aliphatic rings. The van der Waals surface area contributed by atoms with Crippen LogP contribution >= 0.6 is 11.8 Å². The molecule has 3 rings (SSSR count). The van der Waals surface area contributed by atoms with Crippen LogP contribution in [0.5, 0.6) is 0 Å². The van der Waals surface area contributed by atoms with E-state index in [9.17, 15) is 14.7 Å². The molecule has 1 saturated carbocycles. The maximum absolute atomic E-state index is 12.6. The van der Waals surface area contributed by atoms with Gasteiger partial charge in [0.15, 0.2) is 0 Å². The lowest BCUT2D eigenvalue weighted by Gasteiger charge is -2.42. The predicted octanol–water partition coefficient (Wildman–Crippen LogP) is 2.08. The molecular weight excluding hydrogens is 276 g/mol. The Bertz CT molecular complexity index is 404. The molecule has 2 aliphatic heterocycles. The lowest BCUT2D eigenvalue weighted by molar-refractivity contribution is -0.141. The topological polar surface area (TPSA) is 60.9 Å². The Morgan fingerprint density at radius 1 is 1.10 bits per heavy atom. The van der Waals surface area contributed by atoms with E-state index in [1.165, 1.54) is 42.3 Å². The number of urea groups is 1. The summed E-state index contributed by atoms with van der Waals surface area (Å²) in [5.41, 5.74) is 0. The molecule has 3 atom stereocenters. The molecule has 2 heterocycles. The zero-order valence-electron chi connectivity index (χ0n) is 11.7. The summed E-state index contributed by atoms with van der Waals surface area (Å²) in [4.78, 5) is 27.2. The molecule has 0 aromatic carbocycles. The van der Waals surface area contributed by atoms with E-state index in [-0.39, 0.29) is 6.03 Å². The summed E-state index contributed by atoms with van der Waals surface area (Å²) in [6.45, 7) is 1.63. The van der Waals surface area contributed by atoms with Gasteiger partial charge in [-0.05, 0) is 24.7 Å². The van der Waals surface area contributed by atoms with Crippen molar-refractivity contribution in [3.63, 3.8) is 0 Å². The number of nitrogens with zero attached hydrogens (tertiary/aromatic N) is 2. The monoisotopic (exact) mass is 298 g/mol. The molecule has 1 aliphatic carbocycles. The number of carboxylic acid groups (broad SMARTS) is 1. The highest BCUT2D eigenvalue weighted by Gasteiger charge is 2.39. The number of thioether (sulfide) groups is 1. The SMILES string of the molecule is O=C(O)[C@@H]1CSCN1C(=O)N1CCC2CCCCC2C1. The highest BCUT2D eigenvalue weighted by atomic mass is 32.2. The minimum Gasteiger partial charge on any atom is -0.480 e. The van der Waals surface area contributed by atoms with E-state index in [1.807, 2.05) is 4.90 Å². The van der Waals surface area contributed by atoms with E-state index in [0.717, 1.165) is 25.4 Å². The van der Waals surface area contributed by atoms with E-state index in [4.69, 9.17) is 0 Å². The molecule has 2 saturated heterocycles. The Hall–Kier alpha value is -0.910. The van der Waals surface area contributed by atoms with Crippen LogP contribution in [0.1, 0.15) is 32.1 Å². The van der Waals surface area contributed by atoms with Crippen molar-refractivity contribution in [1.29, 1.82) is 0 Å². The van der Waals surface area contributed by atoms with Crippen molar-refractivity contribution in [1.82, 2.24) is 9.80 Å². The van der Waals surface area contributed by atoms with Gasteiger partial charge in [0.1, 0.15) is 6.04 Å². The molecule has 6 heteroatoms. The number of likely N-dealkylation sites (tertiary alicyclic amines) is 1. The number of carbonyl (C=O) groups is 2. The van der Waals surface area contributed by atoms with Crippen LogP contribution < -0.4 is 0 Å². The molecule has 3 fully saturated rings. The average molecular weight is 298 g/mol. The number of carboxylic acids is 1. The number of piperidine rings is 1. The summed E-state index contributed by atoms with van der Waals surface area (Å²) in [6, 6.07) is -0.706. The lowest BCUT2D eigenvalue weighted by Crippen LogP contribution is -2.53. The zero-order chi connectivity index (χ0) is 14.1. The summed E-state index contributed by atoms with van der Waals surface area (Å²) in [7, 11) is 0. The van der Waals surface area contributed by atoms with E-state index >= 15 is 0 Å². The summed E-state index contributed by atoms with van der Waals surface area (Å²) >= 11 is 1.53. The van der Waals surface area contributed by atoms with Gasteiger partial charge in [0.25, 0.3) is 0 Å². The first kappa shape index (κ1) is 14.0. The van der Waals surface area contributed by atoms with Gasteiger partial charge in [-0.15, -0.1) is 11.8 Å². The molecule has 2 amide bonds. The fourth-order valence-corrected chi connectivity index (χ4v) is 4.93. The Balaban J connectivity index is 1.64. The second-order valence-corrected chi connectivity index (χ2v) is 7.15. The lowest BCUT2D eigenvalue weighted by atomic mass is 9.75. The Morgan fingerprint density at radius 2 is 1.85 bits per heavy atom. The number of aliphatic carboxylic acids is 1. The van der Waals surface area contributed by atoms with Gasteiger partial charge in [0.05, 0.1) is 5.88 Å². The number of carbonyl (C=O) groups excluding carboxylic acids is 1. The van der Waals surface area contributed by atoms with Crippen molar-refractivity contribution in [2.75, 3.05) is 24.7 Å². The summed E-state index contributed by atoms with van der Waals surface area (Å²) < 4.78 is 0. The molecule has 1 N–H and O–H groups in total. The Kier molecular flexibility index (Phi) is 4.10. The molecule has 112 valence electrons. The van der Waals surface area contributed by atoms with Crippen molar-refractivity contribution in [3.8, 4) is 0 Å². The van der Waals surface area contributed by atoms with Gasteiger partial charge in [0.2, 0.25) is 0 Å². The Morgan fingerprint density at radius 3 is 2.60 bits per heavy atom. The summed E-state index contributed by atoms with van der Waals surface area (Å²) in [6.07, 6.45) is 6.24. The first-order valence-electron chi connectivity index (χ1n) is 7.53. The van der Waals surface area contributed by atoms with Crippen molar-refractivity contribution >= 4 is 23.8 Å². The van der Waals surface area contributed by atoms with Crippen LogP contribution in [-0.4, -0.2) is 57.7 Å². The van der Waals surface area contributed by atoms with Crippen LogP contribution in [-0.2, 0) is 4.79 Å². The number of fused-ring (bicyclic) bond motifs is 1. The normalized spacial score (nSPS) is 33.9. The fraction of sp³-hybridized carbons (Fsp3) is 0.857. The third kappa shape index (κ3) is 2.62. The van der Waals surface area contributed by atoms with Gasteiger partial charge in [0, 0.05) is 18.8 Å². The Labute approximate surface area is 123 Å². The summed E-state index contributed by atoms with van der Waals surface area (Å²) in [5.74, 6) is 1.58. The second-order valence-electron chi connectivity index (χ2n) is 6.15. The van der Waals surface area contributed by atoms with Crippen molar-refractivity contribution < 1.29 is 14.7 Å². The number of amides is 2. The van der Waals surface area contributed by atoms with Gasteiger partial charge in [-0.1, -0.05) is 19.3 Å². The fourth-order valence-electron chi connectivity index (χ4n) is 3.79. The van der Waals surface area contributed by atoms with E-state index in [2.05, 4.69) is 0 Å². The number of hydrogen-bond acceptors (Lipinski definition) is 3. The minimum absolute atomic E-state index is 0.0635. The van der Waals surface area contributed by atoms with Crippen LogP contribution in [0.2, 0.25) is 0 Å². The zero-order valence-corrected chi connectivity index (χ0v) is 12.5. The number of rotatable bonds is 1. The quantitative estimate of drug-likeness (QED) is 0.805. The molecular formula is C14H22N2O3S. The third-order valence-corrected chi connectivity index (χ3v) is 5.99. The predicted molar refractivity (Wildman–Crippen MR) is 77.6 cm³/mol. The van der Waals surface area contributed by atoms with Crippen LogP contribution in [0, 0.1) is 11.8 Å². The van der Waals surface area contributed by atoms with E-state index in [1.54, 1.807) is 0 Å². The molecule has 20 heavy (non-hydrogen) atoms. The molecule has 0 bridgehead atoms. The van der Waals surface area contributed by atoms with Gasteiger partial charge in [-0.25, -0.2) is 9.59 Å². The van der Waals surface area contributed by atoms with Gasteiger partial charge in [-0.3, -0.25) is 0 Å². The second kappa shape index (κ2) is 5.84. The number of hydrogen-bond donors (Lipinski definition) is 1. The van der Waals surface area contributed by atoms with Crippen molar-refractivity contribution in [2.24, 2.45) is 11.8 Å². The van der Waals surface area contributed by atoms with Gasteiger partial charge < -0.3 is 14.9 Å². The molecule has 0 aromatic rings. The minimum atomic E-state index is -0.879. The highest BCUT2D eigenvalue weighted by Crippen LogP contribution is 2.36. The molecule has 5 nitrogen and oxygen atoms in total. The largest absolute Gasteiger partial charge is 0.480 e. The van der Waals surface area contributed by atoms with Gasteiger partial charge >= 0.3 is 12.0 Å². The average Bonchev–Trinajstić information content (AvgIpc) is 2.95. The van der Waals surface area contributed by atoms with E-state index < -0.39 is 12.0 Å². The maximum atomic E-state index is 12.6. The van der Waals surface area contributed by atoms with Crippen LogP contribution in [0.25, 0.3) is 0 Å². The van der Waals surface area contributed by atoms with Crippen molar-refractivity contribution in [3.05, 3.63) is 0 Å². The first-order valence-corrected chi connectivity index (χ1v) is 8.68. The van der Waals surface area contributed by atoms with Crippen LogP contribution in [0.3, 0.4) is 0 Å². The standard InChI is InChI=1S/C14H22N2O3S/c17-13(18)12-8-20-9-16(12)14(19)15-6-5-10-3-1-2-4-11(10)7-15/h10-12H,1-9H2,(H,17,18)/t10?,11?,12-/m0/s1. The maximum Gasteiger partial charge on any atom is 0.327 e. The van der Waals surface area contributed by atoms with E-state index in [0.29, 0.717) is 17.5 Å². The molecule has 2 unspecified atom stereocenters. The molecule has 0 radical (unpaired) electrons. The molecule has 0 aromatic heterocycles. The van der Waals surface area contributed by atoms with Crippen LogP contribution in [0.4, 0.5) is 4.79 Å². The first-order chi connectivity index (χ1) is 9.66. The third-order valence-electron chi connectivity index (χ3n) is 4.97. The molecule has 0 spiro atoms. The smallest absolute Gasteiger partial charge is 0.327 e. The summed E-state index contributed by atoms with van der Waals surface area (Å²) in [5, 5.41) is 9.19. The van der Waals surface area contributed by atoms with Crippen LogP contribution in [0.15, 0.2) is 0 Å². The van der Waals surface area contributed by atoms with Gasteiger partial charge in [-0.2, -0.15) is 0 Å².